The number of fused-ring (bicyclic) bond motifs is 1. The molecule has 0 radical (unpaired) electrons. The van der Waals surface area contributed by atoms with Gasteiger partial charge in [-0.3, -0.25) is 14.7 Å². The molecule has 0 unspecified atom stereocenters. The lowest BCUT2D eigenvalue weighted by atomic mass is 10.1. The van der Waals surface area contributed by atoms with Crippen LogP contribution in [-0.2, 0) is 11.2 Å². The molecule has 0 aliphatic heterocycles. The molecule has 7 nitrogen and oxygen atoms in total. The Morgan fingerprint density at radius 2 is 2.00 bits per heavy atom. The standard InChI is InChI=1S/C16H16N4O3/c1-9-5-3-4-6-11(9)14-18-16-17-10(2)12(7-8-13(21)22)15(23)20(16)19-14/h3-6H,7-8H2,1-2H3,(H,21,22)(H,17,18,19). The number of hydrogen-bond acceptors (Lipinski definition) is 4. The predicted molar refractivity (Wildman–Crippen MR) is 84.5 cm³/mol. The Bertz CT molecular complexity index is 956. The lowest BCUT2D eigenvalue weighted by molar-refractivity contribution is -0.136. The molecule has 0 aliphatic rings. The average Bonchev–Trinajstić information content (AvgIpc) is 2.91. The molecule has 7 heteroatoms. The molecule has 3 rings (SSSR count). The van der Waals surface area contributed by atoms with E-state index in [9.17, 15) is 9.59 Å². The quantitative estimate of drug-likeness (QED) is 0.764. The number of nitrogens with one attached hydrogen (secondary N) is 1. The lowest BCUT2D eigenvalue weighted by Gasteiger charge is -2.02. The number of aromatic amines is 1. The first-order valence-electron chi connectivity index (χ1n) is 7.23. The van der Waals surface area contributed by atoms with Gasteiger partial charge in [0.25, 0.3) is 11.3 Å². The van der Waals surface area contributed by atoms with Crippen molar-refractivity contribution in [2.45, 2.75) is 26.7 Å². The summed E-state index contributed by atoms with van der Waals surface area (Å²) < 4.78 is 1.27. The van der Waals surface area contributed by atoms with Crippen molar-refractivity contribution in [2.75, 3.05) is 0 Å². The Hall–Kier alpha value is -2.96. The van der Waals surface area contributed by atoms with Gasteiger partial charge >= 0.3 is 5.97 Å². The molecular formula is C16H16N4O3. The van der Waals surface area contributed by atoms with Gasteiger partial charge in [0.05, 0.1) is 5.69 Å². The van der Waals surface area contributed by atoms with E-state index in [1.807, 2.05) is 31.2 Å². The second-order valence-electron chi connectivity index (χ2n) is 5.40. The maximum Gasteiger partial charge on any atom is 0.303 e. The molecule has 0 saturated carbocycles. The highest BCUT2D eigenvalue weighted by atomic mass is 16.4. The van der Waals surface area contributed by atoms with Crippen molar-refractivity contribution < 1.29 is 9.90 Å². The number of nitrogens with zero attached hydrogens (tertiary/aromatic N) is 3. The molecule has 1 aromatic carbocycles. The molecule has 3 aromatic rings. The highest BCUT2D eigenvalue weighted by Crippen LogP contribution is 2.19. The fourth-order valence-electron chi connectivity index (χ4n) is 2.53. The van der Waals surface area contributed by atoms with Crippen molar-refractivity contribution in [1.29, 1.82) is 0 Å². The summed E-state index contributed by atoms with van der Waals surface area (Å²) in [6.07, 6.45) is 0.0390. The number of hydrogen-bond donors (Lipinski definition) is 2. The van der Waals surface area contributed by atoms with Gasteiger partial charge in [0, 0.05) is 17.5 Å². The first kappa shape index (κ1) is 15.0. The van der Waals surface area contributed by atoms with Gasteiger partial charge in [-0.25, -0.2) is 4.98 Å². The maximum absolute atomic E-state index is 12.6. The van der Waals surface area contributed by atoms with E-state index in [0.717, 1.165) is 11.1 Å². The monoisotopic (exact) mass is 312 g/mol. The number of benzene rings is 1. The fourth-order valence-corrected chi connectivity index (χ4v) is 2.53. The summed E-state index contributed by atoms with van der Waals surface area (Å²) in [7, 11) is 0. The minimum absolute atomic E-state index is 0.109. The van der Waals surface area contributed by atoms with Crippen LogP contribution in [0.15, 0.2) is 29.1 Å². The van der Waals surface area contributed by atoms with Crippen LogP contribution in [0.25, 0.3) is 17.2 Å². The predicted octanol–water partition coefficient (Wildman–Crippen LogP) is 1.72. The highest BCUT2D eigenvalue weighted by molar-refractivity contribution is 5.67. The van der Waals surface area contributed by atoms with Gasteiger partial charge in [-0.2, -0.15) is 9.50 Å². The molecule has 23 heavy (non-hydrogen) atoms. The highest BCUT2D eigenvalue weighted by Gasteiger charge is 2.15. The van der Waals surface area contributed by atoms with E-state index < -0.39 is 5.97 Å². The summed E-state index contributed by atoms with van der Waals surface area (Å²) in [5, 5.41) is 11.8. The number of carboxylic acid groups (broad SMARTS) is 1. The van der Waals surface area contributed by atoms with Crippen LogP contribution < -0.4 is 5.56 Å². The number of aromatic nitrogens is 4. The number of carboxylic acids is 1. The van der Waals surface area contributed by atoms with Crippen molar-refractivity contribution >= 4 is 11.7 Å². The van der Waals surface area contributed by atoms with Gasteiger partial charge in [-0.1, -0.05) is 24.3 Å². The van der Waals surface area contributed by atoms with Crippen LogP contribution in [0.1, 0.15) is 23.2 Å². The van der Waals surface area contributed by atoms with Crippen LogP contribution in [0.3, 0.4) is 0 Å². The molecule has 0 fully saturated rings. The molecule has 0 atom stereocenters. The summed E-state index contributed by atoms with van der Waals surface area (Å²) >= 11 is 0. The van der Waals surface area contributed by atoms with Crippen LogP contribution in [0.2, 0.25) is 0 Å². The second-order valence-corrected chi connectivity index (χ2v) is 5.40. The van der Waals surface area contributed by atoms with Crippen LogP contribution >= 0.6 is 0 Å². The summed E-state index contributed by atoms with van der Waals surface area (Å²) in [4.78, 5) is 32.0. The second kappa shape index (κ2) is 5.68. The maximum atomic E-state index is 12.6. The first-order valence-corrected chi connectivity index (χ1v) is 7.23. The van der Waals surface area contributed by atoms with Crippen molar-refractivity contribution in [3.63, 3.8) is 0 Å². The Kier molecular flexibility index (Phi) is 3.69. The molecule has 0 saturated heterocycles. The van der Waals surface area contributed by atoms with E-state index in [0.29, 0.717) is 17.1 Å². The summed E-state index contributed by atoms with van der Waals surface area (Å²) in [6.45, 7) is 3.66. The number of carbonyl (C=O) groups is 1. The lowest BCUT2D eigenvalue weighted by Crippen LogP contribution is -2.22. The molecule has 2 heterocycles. The third kappa shape index (κ3) is 2.73. The number of aryl methyl sites for hydroxylation is 2. The van der Waals surface area contributed by atoms with Crippen LogP contribution in [0.5, 0.6) is 0 Å². The topological polar surface area (TPSA) is 100 Å². The van der Waals surface area contributed by atoms with E-state index in [1.165, 1.54) is 4.52 Å². The molecular weight excluding hydrogens is 296 g/mol. The zero-order valence-corrected chi connectivity index (χ0v) is 12.8. The zero-order chi connectivity index (χ0) is 16.6. The van der Waals surface area contributed by atoms with Crippen molar-refractivity contribution in [1.82, 2.24) is 19.6 Å². The average molecular weight is 312 g/mol. The molecule has 0 amide bonds. The number of aliphatic carboxylic acids is 1. The van der Waals surface area contributed by atoms with Crippen molar-refractivity contribution in [3.8, 4) is 11.4 Å². The Balaban J connectivity index is 2.14. The van der Waals surface area contributed by atoms with Crippen LogP contribution in [-0.4, -0.2) is 30.7 Å². The van der Waals surface area contributed by atoms with Gasteiger partial charge in [0.1, 0.15) is 0 Å². The minimum Gasteiger partial charge on any atom is -0.481 e. The smallest absolute Gasteiger partial charge is 0.303 e. The SMILES string of the molecule is Cc1ccccc1-c1nc2nc(C)c(CCC(=O)O)c(=O)n2[nH]1. The molecule has 0 bridgehead atoms. The van der Waals surface area contributed by atoms with E-state index >= 15 is 0 Å². The first-order chi connectivity index (χ1) is 11.0. The summed E-state index contributed by atoms with van der Waals surface area (Å²) in [6, 6.07) is 7.70. The van der Waals surface area contributed by atoms with E-state index in [-0.39, 0.29) is 24.2 Å². The van der Waals surface area contributed by atoms with Crippen LogP contribution in [0, 0.1) is 13.8 Å². The largest absolute Gasteiger partial charge is 0.481 e. The third-order valence-electron chi connectivity index (χ3n) is 3.78. The van der Waals surface area contributed by atoms with E-state index in [2.05, 4.69) is 15.1 Å². The molecule has 118 valence electrons. The van der Waals surface area contributed by atoms with Gasteiger partial charge < -0.3 is 5.11 Å². The third-order valence-corrected chi connectivity index (χ3v) is 3.78. The van der Waals surface area contributed by atoms with Gasteiger partial charge in [-0.15, -0.1) is 0 Å². The van der Waals surface area contributed by atoms with E-state index in [4.69, 9.17) is 5.11 Å². The van der Waals surface area contributed by atoms with Crippen molar-refractivity contribution in [2.24, 2.45) is 0 Å². The number of H-pyrrole nitrogens is 1. The summed E-state index contributed by atoms with van der Waals surface area (Å²) in [5.74, 6) is -0.105. The zero-order valence-electron chi connectivity index (χ0n) is 12.8. The van der Waals surface area contributed by atoms with Crippen molar-refractivity contribution in [3.05, 3.63) is 51.4 Å². The van der Waals surface area contributed by atoms with Gasteiger partial charge in [0.2, 0.25) is 0 Å². The molecule has 0 aliphatic carbocycles. The molecule has 2 N–H and O–H groups in total. The fraction of sp³-hybridized carbons (Fsp3) is 0.250. The minimum atomic E-state index is -0.945. The summed E-state index contributed by atoms with van der Waals surface area (Å²) in [5.41, 5.74) is 2.52. The van der Waals surface area contributed by atoms with Crippen LogP contribution in [0.4, 0.5) is 0 Å². The Morgan fingerprint density at radius 1 is 1.26 bits per heavy atom. The Morgan fingerprint density at radius 3 is 2.70 bits per heavy atom. The number of rotatable bonds is 4. The Labute approximate surface area is 131 Å². The van der Waals surface area contributed by atoms with Gasteiger partial charge in [0.15, 0.2) is 5.82 Å². The normalized spacial score (nSPS) is 11.0. The van der Waals surface area contributed by atoms with Gasteiger partial charge in [-0.05, 0) is 25.8 Å². The molecule has 0 spiro atoms. The molecule has 2 aromatic heterocycles. The van der Waals surface area contributed by atoms with E-state index in [1.54, 1.807) is 6.92 Å².